The number of carbonyl (C=O) groups is 2. The zero-order chi connectivity index (χ0) is 16.9. The Hall–Kier alpha value is -1.52. The highest BCUT2D eigenvalue weighted by molar-refractivity contribution is 7.73. The van der Waals surface area contributed by atoms with Crippen molar-refractivity contribution in [2.45, 2.75) is 45.4 Å². The fourth-order valence-corrected chi connectivity index (χ4v) is 2.52. The molecule has 22 heavy (non-hydrogen) atoms. The van der Waals surface area contributed by atoms with Gasteiger partial charge < -0.3 is 15.4 Å². The Morgan fingerprint density at radius 2 is 2.05 bits per heavy atom. The van der Waals surface area contributed by atoms with Crippen LogP contribution in [0, 0.1) is 3.95 Å². The molecule has 0 bridgehead atoms. The minimum Gasteiger partial charge on any atom is -0.370 e. The van der Waals surface area contributed by atoms with Gasteiger partial charge in [0.15, 0.2) is 3.95 Å². The number of anilines is 1. The number of hydrogen-bond donors (Lipinski definition) is 4. The minimum atomic E-state index is -0.837. The lowest BCUT2D eigenvalue weighted by atomic mass is 10.1. The molecule has 0 aliphatic rings. The Morgan fingerprint density at radius 3 is 2.50 bits per heavy atom. The molecule has 1 aromatic rings. The Balaban J connectivity index is 2.74. The van der Waals surface area contributed by atoms with Crippen LogP contribution in [0.4, 0.5) is 9.93 Å². The molecule has 3 amide bonds. The number of hydrogen-bond acceptors (Lipinski definition) is 6. The average molecular weight is 347 g/mol. The molecule has 0 aromatic carbocycles. The van der Waals surface area contributed by atoms with Crippen LogP contribution in [0.3, 0.4) is 0 Å². The predicted octanol–water partition coefficient (Wildman–Crippen LogP) is 1.64. The van der Waals surface area contributed by atoms with E-state index in [-0.39, 0.29) is 5.91 Å². The van der Waals surface area contributed by atoms with Crippen LogP contribution in [0.2, 0.25) is 0 Å². The van der Waals surface area contributed by atoms with E-state index in [4.69, 9.17) is 17.0 Å². The van der Waals surface area contributed by atoms with Gasteiger partial charge in [0, 0.05) is 7.05 Å². The van der Waals surface area contributed by atoms with Gasteiger partial charge in [0.1, 0.15) is 6.04 Å². The maximum absolute atomic E-state index is 12.0. The lowest BCUT2D eigenvalue weighted by Gasteiger charge is -2.30. The lowest BCUT2D eigenvalue weighted by molar-refractivity contribution is -0.130. The van der Waals surface area contributed by atoms with E-state index in [2.05, 4.69) is 26.1 Å². The molecular formula is C12H21N5O3S2. The summed E-state index contributed by atoms with van der Waals surface area (Å²) in [5.41, 5.74) is -0.439. The van der Waals surface area contributed by atoms with Crippen LogP contribution in [0.25, 0.3) is 0 Å². The number of H-pyrrole nitrogens is 1. The van der Waals surface area contributed by atoms with Gasteiger partial charge in [0.2, 0.25) is 11.0 Å². The first kappa shape index (κ1) is 18.5. The minimum absolute atomic E-state index is 0.322. The van der Waals surface area contributed by atoms with E-state index in [0.717, 1.165) is 11.3 Å². The molecule has 0 fully saturated rings. The third kappa shape index (κ3) is 6.08. The van der Waals surface area contributed by atoms with Gasteiger partial charge in [-0.1, -0.05) is 11.3 Å². The van der Waals surface area contributed by atoms with Gasteiger partial charge in [-0.05, 0) is 39.9 Å². The first-order valence-electron chi connectivity index (χ1n) is 6.65. The Labute approximate surface area is 138 Å². The maximum Gasteiger partial charge on any atom is 0.321 e. The number of carbonyl (C=O) groups excluding carboxylic acids is 2. The molecular weight excluding hydrogens is 326 g/mol. The van der Waals surface area contributed by atoms with E-state index < -0.39 is 23.8 Å². The average Bonchev–Trinajstić information content (AvgIpc) is 2.78. The van der Waals surface area contributed by atoms with Crippen LogP contribution < -0.4 is 16.0 Å². The van der Waals surface area contributed by atoms with Gasteiger partial charge in [-0.15, -0.1) is 5.10 Å². The molecule has 0 saturated heterocycles. The summed E-state index contributed by atoms with van der Waals surface area (Å²) in [6, 6.07) is -1.40. The summed E-state index contributed by atoms with van der Waals surface area (Å²) in [6.45, 7) is 7.35. The van der Waals surface area contributed by atoms with E-state index in [1.807, 2.05) is 20.8 Å². The number of likely N-dealkylation sites (N-methyl/N-ethyl adjacent to an activating group) is 1. The van der Waals surface area contributed by atoms with E-state index in [9.17, 15) is 9.59 Å². The van der Waals surface area contributed by atoms with Crippen molar-refractivity contribution in [3.05, 3.63) is 3.95 Å². The van der Waals surface area contributed by atoms with Crippen LogP contribution in [0.5, 0.6) is 0 Å². The quantitative estimate of drug-likeness (QED) is 0.606. The van der Waals surface area contributed by atoms with Crippen LogP contribution in [-0.2, 0) is 9.53 Å². The smallest absolute Gasteiger partial charge is 0.321 e. The fourth-order valence-electron chi connectivity index (χ4n) is 1.74. The summed E-state index contributed by atoms with van der Waals surface area (Å²) in [5, 5.41) is 14.3. The first-order chi connectivity index (χ1) is 10.1. The Morgan fingerprint density at radius 1 is 1.41 bits per heavy atom. The summed E-state index contributed by atoms with van der Waals surface area (Å²) in [5.74, 6) is -0.346. The summed E-state index contributed by atoms with van der Waals surface area (Å²) < 4.78 is 6.19. The molecule has 2 unspecified atom stereocenters. The van der Waals surface area contributed by atoms with E-state index in [1.54, 1.807) is 6.92 Å². The molecule has 0 aliphatic heterocycles. The largest absolute Gasteiger partial charge is 0.370 e. The second-order valence-corrected chi connectivity index (χ2v) is 7.21. The Bertz CT molecular complexity index is 578. The number of nitrogens with zero attached hydrogens (tertiary/aromatic N) is 1. The molecule has 2 atom stereocenters. The summed E-state index contributed by atoms with van der Waals surface area (Å²) in [7, 11) is 1.50. The zero-order valence-corrected chi connectivity index (χ0v) is 14.8. The standard InChI is InChI=1S/C12H21N5O3S2/c1-6(20-12(2,3)4)7(8(18)13-5)14-9(19)15-10-16-17-11(21)22-10/h6-7H,1-5H3,(H,13,18)(H,17,21)(H2,14,15,16,19). The topological polar surface area (TPSA) is 108 Å². The number of aromatic amines is 1. The molecule has 0 aliphatic carbocycles. The molecule has 1 aromatic heterocycles. The van der Waals surface area contributed by atoms with Crippen LogP contribution in [-0.4, -0.2) is 46.9 Å². The van der Waals surface area contributed by atoms with Crippen molar-refractivity contribution in [3.8, 4) is 0 Å². The van der Waals surface area contributed by atoms with Crippen molar-refractivity contribution in [3.63, 3.8) is 0 Å². The molecule has 1 heterocycles. The molecule has 10 heteroatoms. The number of rotatable bonds is 5. The van der Waals surface area contributed by atoms with E-state index in [0.29, 0.717) is 9.09 Å². The van der Waals surface area contributed by atoms with Crippen molar-refractivity contribution in [1.82, 2.24) is 20.8 Å². The molecule has 4 N–H and O–H groups in total. The van der Waals surface area contributed by atoms with Crippen molar-refractivity contribution >= 4 is 40.6 Å². The van der Waals surface area contributed by atoms with Crippen LogP contribution in [0.15, 0.2) is 0 Å². The molecule has 0 saturated carbocycles. The van der Waals surface area contributed by atoms with Gasteiger partial charge >= 0.3 is 6.03 Å². The number of nitrogens with one attached hydrogen (secondary N) is 4. The molecule has 1 rings (SSSR count). The predicted molar refractivity (Wildman–Crippen MR) is 87.6 cm³/mol. The number of aromatic nitrogens is 2. The lowest BCUT2D eigenvalue weighted by Crippen LogP contribution is -2.54. The third-order valence-corrected chi connectivity index (χ3v) is 3.49. The van der Waals surface area contributed by atoms with Gasteiger partial charge in [-0.2, -0.15) is 0 Å². The van der Waals surface area contributed by atoms with E-state index in [1.165, 1.54) is 7.05 Å². The second-order valence-electron chi connectivity index (χ2n) is 5.54. The zero-order valence-electron chi connectivity index (χ0n) is 13.1. The van der Waals surface area contributed by atoms with Gasteiger partial charge in [0.05, 0.1) is 11.7 Å². The summed E-state index contributed by atoms with van der Waals surface area (Å²) in [6.07, 6.45) is -0.511. The van der Waals surface area contributed by atoms with E-state index >= 15 is 0 Å². The van der Waals surface area contributed by atoms with Crippen LogP contribution >= 0.6 is 23.6 Å². The molecule has 0 spiro atoms. The maximum atomic E-state index is 12.0. The highest BCUT2D eigenvalue weighted by atomic mass is 32.1. The fraction of sp³-hybridized carbons (Fsp3) is 0.667. The van der Waals surface area contributed by atoms with Crippen molar-refractivity contribution in [2.24, 2.45) is 0 Å². The number of amides is 3. The van der Waals surface area contributed by atoms with Crippen molar-refractivity contribution < 1.29 is 14.3 Å². The highest BCUT2D eigenvalue weighted by Gasteiger charge is 2.30. The third-order valence-electron chi connectivity index (χ3n) is 2.48. The monoisotopic (exact) mass is 347 g/mol. The molecule has 8 nitrogen and oxygen atoms in total. The number of urea groups is 1. The normalized spacial score (nSPS) is 14.0. The molecule has 124 valence electrons. The van der Waals surface area contributed by atoms with Crippen LogP contribution in [0.1, 0.15) is 27.7 Å². The van der Waals surface area contributed by atoms with Gasteiger partial charge in [-0.3, -0.25) is 15.2 Å². The Kier molecular flexibility index (Phi) is 6.45. The van der Waals surface area contributed by atoms with Gasteiger partial charge in [-0.25, -0.2) is 4.79 Å². The number of ether oxygens (including phenoxy) is 1. The first-order valence-corrected chi connectivity index (χ1v) is 7.87. The second kappa shape index (κ2) is 7.65. The summed E-state index contributed by atoms with van der Waals surface area (Å²) >= 11 is 6.00. The SMILES string of the molecule is CNC(=O)C(NC(=O)Nc1n[nH]c(=S)s1)C(C)OC(C)(C)C. The van der Waals surface area contributed by atoms with Gasteiger partial charge in [0.25, 0.3) is 0 Å². The highest BCUT2D eigenvalue weighted by Crippen LogP contribution is 2.14. The van der Waals surface area contributed by atoms with Crippen molar-refractivity contribution in [1.29, 1.82) is 0 Å². The summed E-state index contributed by atoms with van der Waals surface area (Å²) in [4.78, 5) is 23.9. The van der Waals surface area contributed by atoms with Crippen molar-refractivity contribution in [2.75, 3.05) is 12.4 Å². The molecule has 0 radical (unpaired) electrons.